The highest BCUT2D eigenvalue weighted by Gasteiger charge is 2.31. The van der Waals surface area contributed by atoms with Crippen LogP contribution in [0, 0.1) is 11.3 Å². The minimum absolute atomic E-state index is 0.0262. The first-order valence-electron chi connectivity index (χ1n) is 8.60. The van der Waals surface area contributed by atoms with Crippen LogP contribution in [-0.2, 0) is 11.0 Å². The Hall–Kier alpha value is -2.78. The Morgan fingerprint density at radius 3 is 2.50 bits per heavy atom. The second kappa shape index (κ2) is 9.43. The molecule has 0 aliphatic heterocycles. The molecule has 0 heterocycles. The van der Waals surface area contributed by atoms with Gasteiger partial charge in [-0.25, -0.2) is 0 Å². The van der Waals surface area contributed by atoms with Crippen molar-refractivity contribution in [2.45, 2.75) is 32.0 Å². The van der Waals surface area contributed by atoms with E-state index in [1.807, 2.05) is 37.3 Å². The summed E-state index contributed by atoms with van der Waals surface area (Å²) in [6.45, 7) is 1.97. The number of benzene rings is 2. The molecule has 0 spiro atoms. The number of hydrogen-bond donors (Lipinski definition) is 1. The second-order valence-electron chi connectivity index (χ2n) is 6.17. The maximum atomic E-state index is 12.9. The summed E-state index contributed by atoms with van der Waals surface area (Å²) in [6.07, 6.45) is -2.02. The van der Waals surface area contributed by atoms with E-state index in [2.05, 4.69) is 5.32 Å². The van der Waals surface area contributed by atoms with E-state index in [1.54, 1.807) is 6.07 Å². The molecule has 0 radical (unpaired) electrons. The standard InChI is InChI=1S/C21H18ClF3N2O/c1-2-6-19(15-7-4-3-5-8-15)27-20(28)16(13-26)9-14-10-17(21(23,24)25)12-18(22)11-14/h3-5,7-12,19H,2,6H2,1H3,(H,27,28)/b16-9+/t19-/m0/s1. The van der Waals surface area contributed by atoms with Crippen molar-refractivity contribution in [3.63, 3.8) is 0 Å². The molecular weight excluding hydrogens is 389 g/mol. The first-order chi connectivity index (χ1) is 13.2. The molecule has 1 N–H and O–H groups in total. The summed E-state index contributed by atoms with van der Waals surface area (Å²) in [5.41, 5.74) is -0.333. The smallest absolute Gasteiger partial charge is 0.345 e. The van der Waals surface area contributed by atoms with E-state index in [0.717, 1.165) is 30.2 Å². The zero-order chi connectivity index (χ0) is 20.7. The number of carbonyl (C=O) groups is 1. The molecule has 146 valence electrons. The molecule has 0 fully saturated rings. The van der Waals surface area contributed by atoms with Gasteiger partial charge < -0.3 is 5.32 Å². The van der Waals surface area contributed by atoms with Crippen LogP contribution in [0.1, 0.15) is 42.5 Å². The zero-order valence-corrected chi connectivity index (χ0v) is 15.8. The van der Waals surface area contributed by atoms with Crippen LogP contribution in [-0.4, -0.2) is 5.91 Å². The van der Waals surface area contributed by atoms with Gasteiger partial charge in [0, 0.05) is 5.02 Å². The van der Waals surface area contributed by atoms with Gasteiger partial charge in [0.25, 0.3) is 5.91 Å². The van der Waals surface area contributed by atoms with Crippen LogP contribution in [0.15, 0.2) is 54.1 Å². The van der Waals surface area contributed by atoms with Crippen LogP contribution in [0.5, 0.6) is 0 Å². The van der Waals surface area contributed by atoms with Gasteiger partial charge in [0.15, 0.2) is 0 Å². The molecule has 28 heavy (non-hydrogen) atoms. The Balaban J connectivity index is 2.30. The molecule has 0 unspecified atom stereocenters. The van der Waals surface area contributed by atoms with Gasteiger partial charge >= 0.3 is 6.18 Å². The molecule has 1 amide bonds. The van der Waals surface area contributed by atoms with Crippen LogP contribution >= 0.6 is 11.6 Å². The Morgan fingerprint density at radius 1 is 1.25 bits per heavy atom. The molecule has 2 aromatic rings. The van der Waals surface area contributed by atoms with Crippen molar-refractivity contribution < 1.29 is 18.0 Å². The van der Waals surface area contributed by atoms with Crippen LogP contribution in [0.25, 0.3) is 6.08 Å². The van der Waals surface area contributed by atoms with Gasteiger partial charge in [0.1, 0.15) is 11.6 Å². The van der Waals surface area contributed by atoms with Crippen LogP contribution in [0.2, 0.25) is 5.02 Å². The molecule has 0 bridgehead atoms. The van der Waals surface area contributed by atoms with E-state index in [9.17, 15) is 23.2 Å². The van der Waals surface area contributed by atoms with E-state index in [0.29, 0.717) is 6.42 Å². The zero-order valence-electron chi connectivity index (χ0n) is 15.1. The number of nitrogens with zero attached hydrogens (tertiary/aromatic N) is 1. The average molecular weight is 407 g/mol. The summed E-state index contributed by atoms with van der Waals surface area (Å²) in [7, 11) is 0. The molecule has 0 aliphatic rings. The van der Waals surface area contributed by atoms with Gasteiger partial charge in [-0.3, -0.25) is 4.79 Å². The molecular formula is C21H18ClF3N2O. The lowest BCUT2D eigenvalue weighted by Crippen LogP contribution is -2.29. The Morgan fingerprint density at radius 2 is 1.93 bits per heavy atom. The van der Waals surface area contributed by atoms with Crippen molar-refractivity contribution >= 4 is 23.6 Å². The number of carbonyl (C=O) groups excluding carboxylic acids is 1. The van der Waals surface area contributed by atoms with Gasteiger partial charge in [-0.05, 0) is 41.8 Å². The molecule has 2 aromatic carbocycles. The number of alkyl halides is 3. The summed E-state index contributed by atoms with van der Waals surface area (Å²) in [5.74, 6) is -0.654. The lowest BCUT2D eigenvalue weighted by Gasteiger charge is -2.18. The molecule has 3 nitrogen and oxygen atoms in total. The van der Waals surface area contributed by atoms with Crippen LogP contribution < -0.4 is 5.32 Å². The number of amides is 1. The molecule has 0 aliphatic carbocycles. The topological polar surface area (TPSA) is 52.9 Å². The van der Waals surface area contributed by atoms with Crippen molar-refractivity contribution in [1.29, 1.82) is 5.26 Å². The maximum Gasteiger partial charge on any atom is 0.416 e. The fraction of sp³-hybridized carbons (Fsp3) is 0.238. The third-order valence-electron chi connectivity index (χ3n) is 4.01. The van der Waals surface area contributed by atoms with Gasteiger partial charge in [0.2, 0.25) is 0 Å². The van der Waals surface area contributed by atoms with Gasteiger partial charge in [-0.2, -0.15) is 18.4 Å². The Kier molecular flexibility index (Phi) is 7.24. The molecule has 2 rings (SSSR count). The lowest BCUT2D eigenvalue weighted by atomic mass is 10.0. The third-order valence-corrected chi connectivity index (χ3v) is 4.23. The van der Waals surface area contributed by atoms with E-state index in [1.165, 1.54) is 6.07 Å². The summed E-state index contributed by atoms with van der Waals surface area (Å²) >= 11 is 5.76. The second-order valence-corrected chi connectivity index (χ2v) is 6.60. The molecule has 0 saturated carbocycles. The highest BCUT2D eigenvalue weighted by Crippen LogP contribution is 2.32. The number of nitrogens with one attached hydrogen (secondary N) is 1. The highest BCUT2D eigenvalue weighted by molar-refractivity contribution is 6.30. The van der Waals surface area contributed by atoms with Crippen LogP contribution in [0.4, 0.5) is 13.2 Å². The van der Waals surface area contributed by atoms with Crippen molar-refractivity contribution in [3.8, 4) is 6.07 Å². The van der Waals surface area contributed by atoms with Crippen molar-refractivity contribution in [3.05, 3.63) is 75.8 Å². The van der Waals surface area contributed by atoms with Crippen molar-refractivity contribution in [1.82, 2.24) is 5.32 Å². The molecule has 0 aromatic heterocycles. The molecule has 7 heteroatoms. The van der Waals surface area contributed by atoms with Gasteiger partial charge in [-0.15, -0.1) is 0 Å². The fourth-order valence-corrected chi connectivity index (χ4v) is 2.95. The minimum Gasteiger partial charge on any atom is -0.345 e. The first kappa shape index (κ1) is 21.5. The number of nitriles is 1. The summed E-state index contributed by atoms with van der Waals surface area (Å²) in [6, 6.07) is 13.6. The summed E-state index contributed by atoms with van der Waals surface area (Å²) in [4.78, 5) is 12.5. The van der Waals surface area contributed by atoms with Crippen LogP contribution in [0.3, 0.4) is 0 Å². The van der Waals surface area contributed by atoms with Gasteiger partial charge in [-0.1, -0.05) is 55.3 Å². The average Bonchev–Trinajstić information content (AvgIpc) is 2.65. The summed E-state index contributed by atoms with van der Waals surface area (Å²) in [5, 5.41) is 12.0. The monoisotopic (exact) mass is 406 g/mol. The third kappa shape index (κ3) is 5.86. The number of halogens is 4. The van der Waals surface area contributed by atoms with E-state index in [-0.39, 0.29) is 22.2 Å². The maximum absolute atomic E-state index is 12.9. The normalized spacial score (nSPS) is 12.9. The quantitative estimate of drug-likeness (QED) is 0.478. The Bertz CT molecular complexity index is 902. The summed E-state index contributed by atoms with van der Waals surface area (Å²) < 4.78 is 38.8. The molecule has 1 atom stereocenters. The van der Waals surface area contributed by atoms with Crippen molar-refractivity contribution in [2.75, 3.05) is 0 Å². The number of hydrogen-bond acceptors (Lipinski definition) is 2. The minimum atomic E-state index is -4.58. The fourth-order valence-electron chi connectivity index (χ4n) is 2.71. The highest BCUT2D eigenvalue weighted by atomic mass is 35.5. The van der Waals surface area contributed by atoms with E-state index >= 15 is 0 Å². The SMILES string of the molecule is CCC[C@H](NC(=O)/C(C#N)=C/c1cc(Cl)cc(C(F)(F)F)c1)c1ccccc1. The number of rotatable bonds is 6. The van der Waals surface area contributed by atoms with Gasteiger partial charge in [0.05, 0.1) is 11.6 Å². The first-order valence-corrected chi connectivity index (χ1v) is 8.97. The lowest BCUT2D eigenvalue weighted by molar-refractivity contribution is -0.137. The van der Waals surface area contributed by atoms with E-state index in [4.69, 9.17) is 11.6 Å². The predicted molar refractivity (Wildman–Crippen MR) is 102 cm³/mol. The Labute approximate surface area is 166 Å². The molecule has 0 saturated heterocycles. The van der Waals surface area contributed by atoms with Crippen molar-refractivity contribution in [2.24, 2.45) is 0 Å². The van der Waals surface area contributed by atoms with E-state index < -0.39 is 17.6 Å². The predicted octanol–water partition coefficient (Wildman–Crippen LogP) is 5.92. The largest absolute Gasteiger partial charge is 0.416 e.